The first-order valence-electron chi connectivity index (χ1n) is 10.4. The smallest absolute Gasteiger partial charge is 0.256 e. The Bertz CT molecular complexity index is 1200. The lowest BCUT2D eigenvalue weighted by molar-refractivity contribution is 0.102. The predicted octanol–water partition coefficient (Wildman–Crippen LogP) is 5.87. The van der Waals surface area contributed by atoms with E-state index >= 15 is 0 Å². The summed E-state index contributed by atoms with van der Waals surface area (Å²) in [7, 11) is 0. The third kappa shape index (κ3) is 5.03. The van der Waals surface area contributed by atoms with Gasteiger partial charge in [0.1, 0.15) is 17.4 Å². The van der Waals surface area contributed by atoms with Crippen LogP contribution in [0.15, 0.2) is 60.0 Å². The van der Waals surface area contributed by atoms with Gasteiger partial charge in [-0.1, -0.05) is 13.3 Å². The van der Waals surface area contributed by atoms with Crippen LogP contribution in [-0.4, -0.2) is 27.3 Å². The van der Waals surface area contributed by atoms with Crippen molar-refractivity contribution >= 4 is 23.1 Å². The Hall–Kier alpha value is -3.52. The van der Waals surface area contributed by atoms with Crippen LogP contribution in [0.2, 0.25) is 0 Å². The molecule has 2 heterocycles. The number of carbonyl (C=O) groups excluding carboxylic acids is 1. The summed E-state index contributed by atoms with van der Waals surface area (Å²) in [5.74, 6) is 0.724. The topological polar surface area (TPSA) is 69.0 Å². The Labute approximate surface area is 189 Å². The number of aromatic nitrogens is 3. The first-order valence-corrected chi connectivity index (χ1v) is 11.2. The molecule has 0 aliphatic carbocycles. The fourth-order valence-electron chi connectivity index (χ4n) is 3.07. The largest absolute Gasteiger partial charge is 0.494 e. The van der Waals surface area contributed by atoms with Crippen molar-refractivity contribution in [1.29, 1.82) is 0 Å². The molecule has 2 aromatic carbocycles. The molecule has 0 atom stereocenters. The average Bonchev–Trinajstić information content (AvgIpc) is 3.41. The lowest BCUT2D eigenvalue weighted by atomic mass is 10.2. The fraction of sp³-hybridized carbons (Fsp3) is 0.208. The number of unbranched alkanes of at least 4 members (excludes halogenated alkanes) is 1. The molecule has 0 radical (unpaired) electrons. The highest BCUT2D eigenvalue weighted by Gasteiger charge is 2.15. The molecule has 4 aromatic rings. The first-order chi connectivity index (χ1) is 15.5. The summed E-state index contributed by atoms with van der Waals surface area (Å²) in [5.41, 5.74) is 2.79. The van der Waals surface area contributed by atoms with Crippen LogP contribution in [0.25, 0.3) is 16.4 Å². The van der Waals surface area contributed by atoms with E-state index in [1.54, 1.807) is 47.1 Å². The first kappa shape index (κ1) is 21.7. The molecule has 0 fully saturated rings. The molecule has 1 N–H and O–H groups in total. The number of carbonyl (C=O) groups is 1. The van der Waals surface area contributed by atoms with Gasteiger partial charge in [0.05, 0.1) is 18.0 Å². The summed E-state index contributed by atoms with van der Waals surface area (Å²) in [6, 6.07) is 15.0. The van der Waals surface area contributed by atoms with Gasteiger partial charge in [0.15, 0.2) is 0 Å². The summed E-state index contributed by atoms with van der Waals surface area (Å²) in [4.78, 5) is 17.4. The minimum absolute atomic E-state index is 0.249. The highest BCUT2D eigenvalue weighted by molar-refractivity contribution is 7.12. The van der Waals surface area contributed by atoms with Gasteiger partial charge in [-0.15, -0.1) is 11.3 Å². The lowest BCUT2D eigenvalue weighted by Gasteiger charge is -2.08. The van der Waals surface area contributed by atoms with Crippen molar-refractivity contribution in [2.75, 3.05) is 11.9 Å². The van der Waals surface area contributed by atoms with E-state index in [2.05, 4.69) is 22.3 Å². The second-order valence-electron chi connectivity index (χ2n) is 7.29. The molecule has 2 aromatic heterocycles. The zero-order valence-corrected chi connectivity index (χ0v) is 18.7. The van der Waals surface area contributed by atoms with Crippen LogP contribution in [0.5, 0.6) is 5.75 Å². The van der Waals surface area contributed by atoms with Crippen molar-refractivity contribution in [2.24, 2.45) is 0 Å². The number of ether oxygens (including phenoxy) is 1. The molecule has 0 saturated heterocycles. The number of hydrogen-bond acceptors (Lipinski definition) is 5. The van der Waals surface area contributed by atoms with Gasteiger partial charge in [-0.3, -0.25) is 4.79 Å². The summed E-state index contributed by atoms with van der Waals surface area (Å²) in [5, 5.41) is 9.87. The standard InChI is InChI=1S/C24H23FN4O2S/c1-3-4-13-31-20-11-7-18(8-12-20)23(30)27-22-14-16(2)28-29(22)24-26-21(15-32-24)17-5-9-19(25)10-6-17/h5-12,14-15H,3-4,13H2,1-2H3,(H,27,30). The number of nitrogens with zero attached hydrogens (tertiary/aromatic N) is 3. The summed E-state index contributed by atoms with van der Waals surface area (Å²) < 4.78 is 20.5. The Morgan fingerprint density at radius 3 is 2.62 bits per heavy atom. The van der Waals surface area contributed by atoms with E-state index in [1.165, 1.54) is 23.5 Å². The van der Waals surface area contributed by atoms with E-state index in [4.69, 9.17) is 4.74 Å². The molecule has 0 spiro atoms. The Morgan fingerprint density at radius 2 is 1.91 bits per heavy atom. The van der Waals surface area contributed by atoms with E-state index in [0.29, 0.717) is 28.8 Å². The molecular weight excluding hydrogens is 427 g/mol. The van der Waals surface area contributed by atoms with Gasteiger partial charge in [-0.2, -0.15) is 9.78 Å². The van der Waals surface area contributed by atoms with E-state index in [9.17, 15) is 9.18 Å². The van der Waals surface area contributed by atoms with Gasteiger partial charge in [0.2, 0.25) is 5.13 Å². The van der Waals surface area contributed by atoms with Gasteiger partial charge < -0.3 is 10.1 Å². The molecule has 0 unspecified atom stereocenters. The maximum absolute atomic E-state index is 13.2. The lowest BCUT2D eigenvalue weighted by Crippen LogP contribution is -2.15. The monoisotopic (exact) mass is 450 g/mol. The summed E-state index contributed by atoms with van der Waals surface area (Å²) >= 11 is 1.39. The predicted molar refractivity (Wildman–Crippen MR) is 124 cm³/mol. The van der Waals surface area contributed by atoms with E-state index in [1.807, 2.05) is 12.3 Å². The number of halogens is 1. The zero-order chi connectivity index (χ0) is 22.5. The quantitative estimate of drug-likeness (QED) is 0.341. The van der Waals surface area contributed by atoms with Crippen molar-refractivity contribution in [1.82, 2.24) is 14.8 Å². The number of rotatable bonds is 8. The highest BCUT2D eigenvalue weighted by atomic mass is 32.1. The Balaban J connectivity index is 1.50. The molecule has 0 aliphatic heterocycles. The van der Waals surface area contributed by atoms with Crippen LogP contribution in [0.1, 0.15) is 35.8 Å². The minimum Gasteiger partial charge on any atom is -0.494 e. The normalized spacial score (nSPS) is 10.8. The van der Waals surface area contributed by atoms with Gasteiger partial charge in [-0.05, 0) is 61.9 Å². The maximum Gasteiger partial charge on any atom is 0.256 e. The van der Waals surface area contributed by atoms with E-state index in [-0.39, 0.29) is 11.7 Å². The maximum atomic E-state index is 13.2. The molecule has 0 aliphatic rings. The molecule has 6 nitrogen and oxygen atoms in total. The molecule has 32 heavy (non-hydrogen) atoms. The highest BCUT2D eigenvalue weighted by Crippen LogP contribution is 2.27. The second kappa shape index (κ2) is 9.74. The van der Waals surface area contributed by atoms with Crippen LogP contribution in [-0.2, 0) is 0 Å². The number of amides is 1. The Morgan fingerprint density at radius 1 is 1.16 bits per heavy atom. The van der Waals surface area contributed by atoms with Crippen LogP contribution >= 0.6 is 11.3 Å². The van der Waals surface area contributed by atoms with Crippen LogP contribution in [0.3, 0.4) is 0 Å². The minimum atomic E-state index is -0.294. The molecule has 8 heteroatoms. The van der Waals surface area contributed by atoms with Crippen LogP contribution < -0.4 is 10.1 Å². The molecule has 4 rings (SSSR count). The molecule has 0 saturated carbocycles. The number of aryl methyl sites for hydroxylation is 1. The zero-order valence-electron chi connectivity index (χ0n) is 17.8. The van der Waals surface area contributed by atoms with Crippen molar-refractivity contribution in [3.8, 4) is 22.1 Å². The molecule has 1 amide bonds. The van der Waals surface area contributed by atoms with Crippen LogP contribution in [0.4, 0.5) is 10.2 Å². The van der Waals surface area contributed by atoms with Gasteiger partial charge in [0, 0.05) is 22.6 Å². The van der Waals surface area contributed by atoms with Gasteiger partial charge in [-0.25, -0.2) is 9.37 Å². The van der Waals surface area contributed by atoms with Crippen molar-refractivity contribution in [3.05, 3.63) is 77.1 Å². The third-order valence-corrected chi connectivity index (χ3v) is 5.59. The number of benzene rings is 2. The SMILES string of the molecule is CCCCOc1ccc(C(=O)Nc2cc(C)nn2-c2nc(-c3ccc(F)cc3)cs2)cc1. The van der Waals surface area contributed by atoms with E-state index < -0.39 is 0 Å². The fourth-order valence-corrected chi connectivity index (χ4v) is 3.87. The van der Waals surface area contributed by atoms with Crippen molar-refractivity contribution in [2.45, 2.75) is 26.7 Å². The van der Waals surface area contributed by atoms with Crippen molar-refractivity contribution < 1.29 is 13.9 Å². The van der Waals surface area contributed by atoms with E-state index in [0.717, 1.165) is 29.8 Å². The number of thiazole rings is 1. The molecule has 164 valence electrons. The number of hydrogen-bond donors (Lipinski definition) is 1. The average molecular weight is 451 g/mol. The van der Waals surface area contributed by atoms with Gasteiger partial charge >= 0.3 is 0 Å². The van der Waals surface area contributed by atoms with Gasteiger partial charge in [0.25, 0.3) is 5.91 Å². The second-order valence-corrected chi connectivity index (χ2v) is 8.12. The Kier molecular flexibility index (Phi) is 6.61. The van der Waals surface area contributed by atoms with Crippen molar-refractivity contribution in [3.63, 3.8) is 0 Å². The summed E-state index contributed by atoms with van der Waals surface area (Å²) in [6.45, 7) is 4.62. The molecular formula is C24H23FN4O2S. The number of nitrogens with one attached hydrogen (secondary N) is 1. The number of anilines is 1. The third-order valence-electron chi connectivity index (χ3n) is 4.77. The summed E-state index contributed by atoms with van der Waals surface area (Å²) in [6.07, 6.45) is 2.06. The molecule has 0 bridgehead atoms. The van der Waals surface area contributed by atoms with Crippen LogP contribution in [0, 0.1) is 12.7 Å².